The Morgan fingerprint density at radius 1 is 1.09 bits per heavy atom. The minimum Gasteiger partial charge on any atom is -0.351 e. The Hall–Kier alpha value is -3.26. The van der Waals surface area contributed by atoms with Crippen LogP contribution in [-0.4, -0.2) is 70.7 Å². The summed E-state index contributed by atoms with van der Waals surface area (Å²) in [6.45, 7) is 3.66. The van der Waals surface area contributed by atoms with Gasteiger partial charge in [-0.05, 0) is 78.6 Å². The van der Waals surface area contributed by atoms with Crippen LogP contribution in [0.25, 0.3) is 22.4 Å². The zero-order chi connectivity index (χ0) is 31.8. The molecular formula is C30H40F3N7O3S. The highest BCUT2D eigenvalue weighted by molar-refractivity contribution is 7.92. The summed E-state index contributed by atoms with van der Waals surface area (Å²) < 4.78 is 72.6. The summed E-state index contributed by atoms with van der Waals surface area (Å²) in [5, 5.41) is 3.40. The first kappa shape index (κ1) is 32.1. The van der Waals surface area contributed by atoms with Crippen LogP contribution < -0.4 is 15.6 Å². The van der Waals surface area contributed by atoms with Gasteiger partial charge in [-0.3, -0.25) is 14.1 Å². The second-order valence-corrected chi connectivity index (χ2v) is 14.3. The molecular weight excluding hydrogens is 595 g/mol. The van der Waals surface area contributed by atoms with E-state index in [0.29, 0.717) is 36.0 Å². The Kier molecular flexibility index (Phi) is 9.22. The lowest BCUT2D eigenvalue weighted by atomic mass is 9.87. The molecule has 5 rings (SSSR count). The minimum atomic E-state index is -4.26. The number of fused-ring (bicyclic) bond motifs is 1. The molecule has 2 aliphatic carbocycles. The Labute approximate surface area is 255 Å². The number of aromatic nitrogens is 4. The molecule has 1 aromatic carbocycles. The summed E-state index contributed by atoms with van der Waals surface area (Å²) in [6.07, 6.45) is 6.20. The molecule has 0 radical (unpaired) electrons. The standard InChI is InChI=1S/C30H40F3N7O3S/c1-18(2)40-27-25(16-34-29(37-27)35-21-9-11-22(12-10-21)39(3)4)36-26(28(40)41)19-8-13-24(23(31)15-19)38-44(42,43)17-20-7-5-6-14-30(20,32)33/h8,13,15-16,18,20-22,38H,5-7,9-12,14,17H2,1-4H3,(H,34,35,37). The van der Waals surface area contributed by atoms with E-state index < -0.39 is 44.7 Å². The van der Waals surface area contributed by atoms with Crippen LogP contribution >= 0.6 is 0 Å². The number of benzene rings is 1. The van der Waals surface area contributed by atoms with Crippen molar-refractivity contribution in [3.8, 4) is 11.3 Å². The first-order valence-electron chi connectivity index (χ1n) is 15.1. The number of nitrogens with zero attached hydrogens (tertiary/aromatic N) is 5. The third kappa shape index (κ3) is 7.01. The number of nitrogens with one attached hydrogen (secondary N) is 2. The molecule has 1 atom stereocenters. The van der Waals surface area contributed by atoms with E-state index in [2.05, 4.69) is 44.0 Å². The van der Waals surface area contributed by atoms with E-state index in [1.54, 1.807) is 0 Å². The first-order valence-corrected chi connectivity index (χ1v) is 16.8. The maximum absolute atomic E-state index is 15.2. The van der Waals surface area contributed by atoms with Gasteiger partial charge in [0.2, 0.25) is 16.0 Å². The molecule has 0 aliphatic heterocycles. The van der Waals surface area contributed by atoms with E-state index in [1.165, 1.54) is 22.9 Å². The van der Waals surface area contributed by atoms with E-state index in [0.717, 1.165) is 31.7 Å². The molecule has 1 unspecified atom stereocenters. The lowest BCUT2D eigenvalue weighted by molar-refractivity contribution is -0.0770. The second kappa shape index (κ2) is 12.6. The lowest BCUT2D eigenvalue weighted by Crippen LogP contribution is -2.38. The van der Waals surface area contributed by atoms with Crippen molar-refractivity contribution >= 4 is 32.8 Å². The van der Waals surface area contributed by atoms with Crippen LogP contribution in [-0.2, 0) is 10.0 Å². The maximum Gasteiger partial charge on any atom is 0.278 e. The van der Waals surface area contributed by atoms with Crippen molar-refractivity contribution in [1.29, 1.82) is 0 Å². The summed E-state index contributed by atoms with van der Waals surface area (Å²) in [5.41, 5.74) is -0.114. The number of alkyl halides is 2. The summed E-state index contributed by atoms with van der Waals surface area (Å²) in [5.74, 6) is -5.77. The van der Waals surface area contributed by atoms with Crippen molar-refractivity contribution < 1.29 is 21.6 Å². The zero-order valence-corrected chi connectivity index (χ0v) is 26.3. The van der Waals surface area contributed by atoms with Gasteiger partial charge in [0, 0.05) is 36.0 Å². The van der Waals surface area contributed by atoms with Crippen molar-refractivity contribution in [2.75, 3.05) is 29.9 Å². The van der Waals surface area contributed by atoms with Gasteiger partial charge in [-0.2, -0.15) is 4.98 Å². The topological polar surface area (TPSA) is 122 Å². The molecule has 2 aliphatic rings. The van der Waals surface area contributed by atoms with Crippen molar-refractivity contribution in [3.63, 3.8) is 0 Å². The van der Waals surface area contributed by atoms with Gasteiger partial charge in [0.05, 0.1) is 17.6 Å². The van der Waals surface area contributed by atoms with Crippen LogP contribution in [0, 0.1) is 11.7 Å². The van der Waals surface area contributed by atoms with Gasteiger partial charge >= 0.3 is 0 Å². The second-order valence-electron chi connectivity index (χ2n) is 12.5. The van der Waals surface area contributed by atoms with Crippen LogP contribution in [0.15, 0.2) is 29.2 Å². The van der Waals surface area contributed by atoms with E-state index >= 15 is 4.39 Å². The average molecular weight is 636 g/mol. The van der Waals surface area contributed by atoms with Crippen molar-refractivity contribution in [1.82, 2.24) is 24.4 Å². The molecule has 2 saturated carbocycles. The molecule has 10 nitrogen and oxygen atoms in total. The number of anilines is 2. The number of hydrogen-bond donors (Lipinski definition) is 2. The Morgan fingerprint density at radius 2 is 1.82 bits per heavy atom. The third-order valence-electron chi connectivity index (χ3n) is 8.75. The van der Waals surface area contributed by atoms with Gasteiger partial charge in [0.1, 0.15) is 17.0 Å². The first-order chi connectivity index (χ1) is 20.7. The quantitative estimate of drug-likeness (QED) is 0.320. The number of halogens is 3. The molecule has 0 saturated heterocycles. The fourth-order valence-corrected chi connectivity index (χ4v) is 7.77. The summed E-state index contributed by atoms with van der Waals surface area (Å²) in [4.78, 5) is 29.4. The number of hydrogen-bond acceptors (Lipinski definition) is 8. The Morgan fingerprint density at radius 3 is 2.45 bits per heavy atom. The van der Waals surface area contributed by atoms with E-state index in [4.69, 9.17) is 0 Å². The summed E-state index contributed by atoms with van der Waals surface area (Å²) in [7, 11) is -0.0796. The molecule has 2 fully saturated rings. The average Bonchev–Trinajstić information content (AvgIpc) is 2.95. The highest BCUT2D eigenvalue weighted by atomic mass is 32.2. The smallest absolute Gasteiger partial charge is 0.278 e. The number of rotatable bonds is 9. The Bertz CT molecular complexity index is 1670. The van der Waals surface area contributed by atoms with E-state index in [9.17, 15) is 22.0 Å². The molecule has 0 bridgehead atoms. The van der Waals surface area contributed by atoms with Crippen LogP contribution in [0.3, 0.4) is 0 Å². The summed E-state index contributed by atoms with van der Waals surface area (Å²) in [6, 6.07) is 4.01. The molecule has 44 heavy (non-hydrogen) atoms. The lowest BCUT2D eigenvalue weighted by Gasteiger charge is -2.32. The maximum atomic E-state index is 15.2. The predicted octanol–water partition coefficient (Wildman–Crippen LogP) is 5.43. The predicted molar refractivity (Wildman–Crippen MR) is 165 cm³/mol. The van der Waals surface area contributed by atoms with Gasteiger partial charge < -0.3 is 10.2 Å². The minimum absolute atomic E-state index is 0.0485. The molecule has 2 heterocycles. The van der Waals surface area contributed by atoms with E-state index in [1.807, 2.05) is 13.8 Å². The summed E-state index contributed by atoms with van der Waals surface area (Å²) >= 11 is 0. The molecule has 14 heteroatoms. The third-order valence-corrected chi connectivity index (χ3v) is 10.1. The fraction of sp³-hybridized carbons (Fsp3) is 0.600. The van der Waals surface area contributed by atoms with E-state index in [-0.39, 0.29) is 36.2 Å². The van der Waals surface area contributed by atoms with Crippen LogP contribution in [0.1, 0.15) is 71.3 Å². The highest BCUT2D eigenvalue weighted by Gasteiger charge is 2.43. The fourth-order valence-electron chi connectivity index (χ4n) is 6.25. The van der Waals surface area contributed by atoms with Crippen molar-refractivity contribution in [2.24, 2.45) is 5.92 Å². The van der Waals surface area contributed by atoms with Gasteiger partial charge in [0.25, 0.3) is 11.5 Å². The van der Waals surface area contributed by atoms with Gasteiger partial charge in [-0.15, -0.1) is 0 Å². The molecule has 0 spiro atoms. The molecule has 2 aromatic heterocycles. The van der Waals surface area contributed by atoms with Crippen LogP contribution in [0.5, 0.6) is 0 Å². The zero-order valence-electron chi connectivity index (χ0n) is 25.5. The Balaban J connectivity index is 1.39. The van der Waals surface area contributed by atoms with Gasteiger partial charge in [-0.1, -0.05) is 12.5 Å². The SMILES string of the molecule is CC(C)n1c(=O)c(-c2ccc(NS(=O)(=O)CC3CCCCC3(F)F)c(F)c2)nc2cnc(NC3CCC(N(C)C)CC3)nc21. The van der Waals surface area contributed by atoms with Crippen LogP contribution in [0.4, 0.5) is 24.8 Å². The van der Waals surface area contributed by atoms with Crippen molar-refractivity contribution in [3.05, 3.63) is 40.6 Å². The molecule has 240 valence electrons. The normalized spacial score (nSPS) is 22.4. The van der Waals surface area contributed by atoms with Gasteiger partial charge in [0.15, 0.2) is 5.65 Å². The number of sulfonamides is 1. The largest absolute Gasteiger partial charge is 0.351 e. The monoisotopic (exact) mass is 635 g/mol. The molecule has 0 amide bonds. The van der Waals surface area contributed by atoms with Gasteiger partial charge in [-0.25, -0.2) is 31.6 Å². The molecule has 3 aromatic rings. The van der Waals surface area contributed by atoms with Crippen LogP contribution in [0.2, 0.25) is 0 Å². The van der Waals surface area contributed by atoms with Crippen molar-refractivity contribution in [2.45, 2.75) is 89.3 Å². The molecule has 2 N–H and O–H groups in total. The highest BCUT2D eigenvalue weighted by Crippen LogP contribution is 2.39.